The van der Waals surface area contributed by atoms with Gasteiger partial charge in [-0.05, 0) is 31.0 Å². The minimum atomic E-state index is -1.68. The second-order valence-corrected chi connectivity index (χ2v) is 5.73. The normalized spacial score (nSPS) is 15.8. The quantitative estimate of drug-likeness (QED) is 0.842. The number of amides is 1. The van der Waals surface area contributed by atoms with Crippen molar-refractivity contribution in [2.45, 2.75) is 23.8 Å². The zero-order chi connectivity index (χ0) is 14.0. The van der Waals surface area contributed by atoms with Crippen molar-refractivity contribution < 1.29 is 23.3 Å². The largest absolute Gasteiger partial charge is 0.478 e. The van der Waals surface area contributed by atoms with E-state index in [2.05, 4.69) is 5.32 Å². The topological polar surface area (TPSA) is 83.5 Å². The van der Waals surface area contributed by atoms with Crippen LogP contribution < -0.4 is 5.32 Å². The molecule has 0 aliphatic heterocycles. The molecule has 1 amide bonds. The Morgan fingerprint density at radius 3 is 2.68 bits per heavy atom. The summed E-state index contributed by atoms with van der Waals surface area (Å²) in [5, 5.41) is 11.4. The summed E-state index contributed by atoms with van der Waals surface area (Å²) in [5.74, 6) is -2.92. The van der Waals surface area contributed by atoms with Crippen molar-refractivity contribution in [2.75, 3.05) is 5.75 Å². The van der Waals surface area contributed by atoms with Crippen LogP contribution in [0.1, 0.15) is 23.2 Å². The monoisotopic (exact) mass is 285 g/mol. The highest BCUT2D eigenvalue weighted by atomic mass is 32.2. The van der Waals surface area contributed by atoms with Crippen molar-refractivity contribution in [3.8, 4) is 0 Å². The lowest BCUT2D eigenvalue weighted by molar-refractivity contribution is -0.118. The number of carboxylic acid groups (broad SMARTS) is 1. The van der Waals surface area contributed by atoms with Crippen LogP contribution in [0.25, 0.3) is 0 Å². The summed E-state index contributed by atoms with van der Waals surface area (Å²) < 4.78 is 25.0. The number of benzene rings is 1. The first kappa shape index (κ1) is 13.7. The summed E-state index contributed by atoms with van der Waals surface area (Å²) in [6.45, 7) is 0. The maximum atomic E-state index is 13.2. The fourth-order valence-electron chi connectivity index (χ4n) is 1.51. The van der Waals surface area contributed by atoms with Gasteiger partial charge < -0.3 is 10.4 Å². The van der Waals surface area contributed by atoms with Gasteiger partial charge in [-0.25, -0.2) is 9.18 Å². The standard InChI is InChI=1S/C12H12FNO4S/c13-10-4-3-8(5-9(10)12(16)17)19(18)6-11(15)14-7-1-2-7/h3-5,7H,1-2,6H2,(H,14,15)(H,16,17). The molecule has 0 bridgehead atoms. The maximum Gasteiger partial charge on any atom is 0.338 e. The van der Waals surface area contributed by atoms with Gasteiger partial charge in [0.15, 0.2) is 0 Å². The highest BCUT2D eigenvalue weighted by molar-refractivity contribution is 7.85. The van der Waals surface area contributed by atoms with Crippen molar-refractivity contribution in [3.05, 3.63) is 29.6 Å². The van der Waals surface area contributed by atoms with E-state index in [1.807, 2.05) is 0 Å². The number of carboxylic acids is 1. The van der Waals surface area contributed by atoms with Crippen molar-refractivity contribution in [1.29, 1.82) is 0 Å². The Morgan fingerprint density at radius 2 is 2.11 bits per heavy atom. The zero-order valence-corrected chi connectivity index (χ0v) is 10.7. The first-order valence-electron chi connectivity index (χ1n) is 5.68. The second kappa shape index (κ2) is 5.48. The smallest absolute Gasteiger partial charge is 0.338 e. The molecule has 1 aromatic carbocycles. The molecule has 1 aliphatic carbocycles. The molecule has 1 aromatic rings. The number of carbonyl (C=O) groups excluding carboxylic acids is 1. The Morgan fingerprint density at radius 1 is 1.42 bits per heavy atom. The summed E-state index contributed by atoms with van der Waals surface area (Å²) in [5.41, 5.74) is -0.548. The Hall–Kier alpha value is -1.76. The molecule has 1 aliphatic rings. The summed E-state index contributed by atoms with van der Waals surface area (Å²) in [6, 6.07) is 3.34. The molecule has 0 spiro atoms. The summed E-state index contributed by atoms with van der Waals surface area (Å²) in [7, 11) is -1.68. The molecule has 0 saturated heterocycles. The maximum absolute atomic E-state index is 13.2. The number of carbonyl (C=O) groups is 2. The van der Waals surface area contributed by atoms with Gasteiger partial charge in [0.1, 0.15) is 11.6 Å². The third kappa shape index (κ3) is 3.60. The SMILES string of the molecule is O=C(CS(=O)c1ccc(F)c(C(=O)O)c1)NC1CC1. The summed E-state index contributed by atoms with van der Waals surface area (Å²) in [6.07, 6.45) is 1.86. The number of hydrogen-bond acceptors (Lipinski definition) is 3. The molecule has 0 heterocycles. The third-order valence-electron chi connectivity index (χ3n) is 2.64. The Balaban J connectivity index is 2.07. The van der Waals surface area contributed by atoms with Crippen molar-refractivity contribution in [3.63, 3.8) is 0 Å². The molecular weight excluding hydrogens is 273 g/mol. The van der Waals surface area contributed by atoms with Gasteiger partial charge in [-0.3, -0.25) is 9.00 Å². The fourth-order valence-corrected chi connectivity index (χ4v) is 2.47. The van der Waals surface area contributed by atoms with Gasteiger partial charge in [-0.1, -0.05) is 0 Å². The van der Waals surface area contributed by atoms with Crippen molar-refractivity contribution >= 4 is 22.7 Å². The molecule has 5 nitrogen and oxygen atoms in total. The van der Waals surface area contributed by atoms with Gasteiger partial charge >= 0.3 is 5.97 Å². The zero-order valence-electron chi connectivity index (χ0n) is 9.89. The van der Waals surface area contributed by atoms with E-state index in [4.69, 9.17) is 5.11 Å². The molecule has 1 unspecified atom stereocenters. The van der Waals surface area contributed by atoms with E-state index in [-0.39, 0.29) is 22.6 Å². The minimum absolute atomic E-state index is 0.129. The van der Waals surface area contributed by atoms with Crippen LogP contribution in [0.4, 0.5) is 4.39 Å². The van der Waals surface area contributed by atoms with Crippen LogP contribution in [0.5, 0.6) is 0 Å². The van der Waals surface area contributed by atoms with Crippen LogP contribution in [-0.4, -0.2) is 33.0 Å². The van der Waals surface area contributed by atoms with Crippen molar-refractivity contribution in [2.24, 2.45) is 0 Å². The molecule has 1 atom stereocenters. The fraction of sp³-hybridized carbons (Fsp3) is 0.333. The van der Waals surface area contributed by atoms with Crippen LogP contribution in [0.15, 0.2) is 23.1 Å². The number of rotatable bonds is 5. The van der Waals surface area contributed by atoms with Gasteiger partial charge in [-0.15, -0.1) is 0 Å². The summed E-state index contributed by atoms with van der Waals surface area (Å²) >= 11 is 0. The molecule has 7 heteroatoms. The predicted molar refractivity (Wildman–Crippen MR) is 65.8 cm³/mol. The highest BCUT2D eigenvalue weighted by Crippen LogP contribution is 2.19. The van der Waals surface area contributed by atoms with Gasteiger partial charge in [0.25, 0.3) is 0 Å². The van der Waals surface area contributed by atoms with Gasteiger partial charge in [-0.2, -0.15) is 0 Å². The lowest BCUT2D eigenvalue weighted by Gasteiger charge is -2.05. The molecule has 1 saturated carbocycles. The Kier molecular flexibility index (Phi) is 3.94. The Labute approximate surface area is 111 Å². The average Bonchev–Trinajstić information content (AvgIpc) is 3.12. The van der Waals surface area contributed by atoms with Crippen LogP contribution in [-0.2, 0) is 15.6 Å². The minimum Gasteiger partial charge on any atom is -0.478 e. The van der Waals surface area contributed by atoms with Gasteiger partial charge in [0.05, 0.1) is 16.4 Å². The third-order valence-corrected chi connectivity index (χ3v) is 3.94. The first-order chi connectivity index (χ1) is 8.97. The van der Waals surface area contributed by atoms with E-state index in [9.17, 15) is 18.2 Å². The van der Waals surface area contributed by atoms with E-state index in [0.29, 0.717) is 0 Å². The highest BCUT2D eigenvalue weighted by Gasteiger charge is 2.24. The Bertz CT molecular complexity index is 557. The van der Waals surface area contributed by atoms with Crippen LogP contribution in [0.3, 0.4) is 0 Å². The lowest BCUT2D eigenvalue weighted by Crippen LogP contribution is -2.30. The van der Waals surface area contributed by atoms with Gasteiger partial charge in [0, 0.05) is 10.9 Å². The van der Waals surface area contributed by atoms with E-state index >= 15 is 0 Å². The van der Waals surface area contributed by atoms with Crippen LogP contribution in [0, 0.1) is 5.82 Å². The molecule has 0 radical (unpaired) electrons. The molecule has 102 valence electrons. The number of aromatic carboxylic acids is 1. The second-order valence-electron chi connectivity index (χ2n) is 4.28. The molecule has 2 rings (SSSR count). The van der Waals surface area contributed by atoms with Crippen LogP contribution in [0.2, 0.25) is 0 Å². The predicted octanol–water partition coefficient (Wildman–Crippen LogP) is 0.910. The molecule has 0 aromatic heterocycles. The summed E-state index contributed by atoms with van der Waals surface area (Å²) in [4.78, 5) is 22.4. The molecule has 2 N–H and O–H groups in total. The number of nitrogens with one attached hydrogen (secondary N) is 1. The molecule has 1 fully saturated rings. The van der Waals surface area contributed by atoms with E-state index in [0.717, 1.165) is 25.0 Å². The first-order valence-corrected chi connectivity index (χ1v) is 7.00. The number of halogens is 1. The molecule has 19 heavy (non-hydrogen) atoms. The molecular formula is C12H12FNO4S. The lowest BCUT2D eigenvalue weighted by atomic mass is 10.2. The van der Waals surface area contributed by atoms with E-state index in [1.54, 1.807) is 0 Å². The van der Waals surface area contributed by atoms with Gasteiger partial charge in [0.2, 0.25) is 5.91 Å². The average molecular weight is 285 g/mol. The van der Waals surface area contributed by atoms with E-state index < -0.39 is 28.1 Å². The number of hydrogen-bond donors (Lipinski definition) is 2. The van der Waals surface area contributed by atoms with Crippen molar-refractivity contribution in [1.82, 2.24) is 5.32 Å². The van der Waals surface area contributed by atoms with Crippen LogP contribution >= 0.6 is 0 Å². The van der Waals surface area contributed by atoms with E-state index in [1.165, 1.54) is 6.07 Å².